The Morgan fingerprint density at radius 3 is 2.38 bits per heavy atom. The van der Waals surface area contributed by atoms with Gasteiger partial charge in [0.05, 0.1) is 0 Å². The number of carbonyl (C=O) groups is 1. The molecule has 0 aromatic carbocycles. The molecule has 1 saturated heterocycles. The minimum Gasteiger partial charge on any atom is -0.341 e. The molecule has 0 bridgehead atoms. The molecule has 1 rings (SSSR count). The number of amides is 1. The zero-order valence-corrected chi connectivity index (χ0v) is 10.8. The van der Waals surface area contributed by atoms with Crippen molar-refractivity contribution < 1.29 is 4.79 Å². The van der Waals surface area contributed by atoms with Gasteiger partial charge in [0.2, 0.25) is 5.91 Å². The lowest BCUT2D eigenvalue weighted by Gasteiger charge is -2.30. The molecule has 0 spiro atoms. The summed E-state index contributed by atoms with van der Waals surface area (Å²) < 4.78 is 0. The minimum absolute atomic E-state index is 0.329. The summed E-state index contributed by atoms with van der Waals surface area (Å²) in [6, 6.07) is 0. The average molecular weight is 227 g/mol. The van der Waals surface area contributed by atoms with Gasteiger partial charge in [-0.1, -0.05) is 6.92 Å². The van der Waals surface area contributed by atoms with Crippen molar-refractivity contribution in [3.05, 3.63) is 0 Å². The number of likely N-dealkylation sites (N-methyl/N-ethyl adjacent to an activating group) is 1. The van der Waals surface area contributed by atoms with Gasteiger partial charge in [0.1, 0.15) is 0 Å². The molecule has 0 radical (unpaired) electrons. The molecule has 0 atom stereocenters. The van der Waals surface area contributed by atoms with Crippen LogP contribution < -0.4 is 5.32 Å². The number of nitrogens with zero attached hydrogens (tertiary/aromatic N) is 2. The third-order valence-corrected chi connectivity index (χ3v) is 2.99. The highest BCUT2D eigenvalue weighted by molar-refractivity contribution is 5.76. The van der Waals surface area contributed by atoms with Crippen LogP contribution in [-0.4, -0.2) is 62.5 Å². The van der Waals surface area contributed by atoms with Crippen LogP contribution in [0.5, 0.6) is 0 Å². The van der Waals surface area contributed by atoms with Crippen LogP contribution in [0.2, 0.25) is 0 Å². The molecule has 0 unspecified atom stereocenters. The van der Waals surface area contributed by atoms with Crippen LogP contribution in [0.3, 0.4) is 0 Å². The van der Waals surface area contributed by atoms with Crippen molar-refractivity contribution in [3.8, 4) is 0 Å². The second-order valence-corrected chi connectivity index (χ2v) is 4.91. The van der Waals surface area contributed by atoms with E-state index >= 15 is 0 Å². The number of hydrogen-bond donors (Lipinski definition) is 1. The molecule has 1 amide bonds. The first-order valence-electron chi connectivity index (χ1n) is 6.26. The van der Waals surface area contributed by atoms with E-state index in [2.05, 4.69) is 17.1 Å². The summed E-state index contributed by atoms with van der Waals surface area (Å²) in [5.74, 6) is 0.904. The minimum atomic E-state index is 0.329. The normalized spacial score (nSPS) is 16.2. The molecular weight excluding hydrogens is 202 g/mol. The number of rotatable bonds is 7. The molecule has 1 fully saturated rings. The lowest BCUT2D eigenvalue weighted by atomic mass is 9.98. The van der Waals surface area contributed by atoms with Crippen LogP contribution in [0.4, 0.5) is 0 Å². The van der Waals surface area contributed by atoms with E-state index in [9.17, 15) is 4.79 Å². The van der Waals surface area contributed by atoms with Gasteiger partial charge in [0.25, 0.3) is 0 Å². The van der Waals surface area contributed by atoms with E-state index in [0.29, 0.717) is 11.8 Å². The number of nitrogens with one attached hydrogen (secondary N) is 1. The van der Waals surface area contributed by atoms with Crippen LogP contribution in [0.15, 0.2) is 0 Å². The van der Waals surface area contributed by atoms with Gasteiger partial charge >= 0.3 is 0 Å². The summed E-state index contributed by atoms with van der Waals surface area (Å²) in [4.78, 5) is 16.2. The van der Waals surface area contributed by atoms with Gasteiger partial charge in [-0.05, 0) is 39.5 Å². The summed E-state index contributed by atoms with van der Waals surface area (Å²) in [7, 11) is 4.09. The van der Waals surface area contributed by atoms with Crippen molar-refractivity contribution in [1.29, 1.82) is 0 Å². The predicted octanol–water partition coefficient (Wildman–Crippen LogP) is 0.396. The Kier molecular flexibility index (Phi) is 5.77. The highest BCUT2D eigenvalue weighted by Gasteiger charge is 2.22. The Morgan fingerprint density at radius 1 is 1.25 bits per heavy atom. The van der Waals surface area contributed by atoms with E-state index in [1.54, 1.807) is 0 Å². The lowest BCUT2D eigenvalue weighted by Crippen LogP contribution is -2.46. The quantitative estimate of drug-likeness (QED) is 0.684. The molecular formula is C12H25N3O. The van der Waals surface area contributed by atoms with E-state index in [1.165, 1.54) is 0 Å². The van der Waals surface area contributed by atoms with E-state index in [-0.39, 0.29) is 0 Å². The smallest absolute Gasteiger partial charge is 0.222 e. The van der Waals surface area contributed by atoms with Gasteiger partial charge in [-0.2, -0.15) is 0 Å². The van der Waals surface area contributed by atoms with Crippen molar-refractivity contribution in [3.63, 3.8) is 0 Å². The lowest BCUT2D eigenvalue weighted by molar-refractivity contribution is -0.132. The summed E-state index contributed by atoms with van der Waals surface area (Å²) in [6.45, 7) is 6.86. The Bertz CT molecular complexity index is 214. The van der Waals surface area contributed by atoms with Crippen LogP contribution in [0, 0.1) is 5.92 Å². The van der Waals surface area contributed by atoms with Crippen LogP contribution >= 0.6 is 0 Å². The zero-order chi connectivity index (χ0) is 12.0. The van der Waals surface area contributed by atoms with Crippen LogP contribution in [0.25, 0.3) is 0 Å². The summed E-state index contributed by atoms with van der Waals surface area (Å²) in [5, 5.41) is 3.21. The first-order valence-corrected chi connectivity index (χ1v) is 6.26. The fourth-order valence-corrected chi connectivity index (χ4v) is 1.82. The van der Waals surface area contributed by atoms with E-state index in [4.69, 9.17) is 0 Å². The molecule has 1 aliphatic heterocycles. The molecule has 0 saturated carbocycles. The van der Waals surface area contributed by atoms with Crippen molar-refractivity contribution in [2.45, 2.75) is 19.8 Å². The average Bonchev–Trinajstić information content (AvgIpc) is 2.17. The maximum absolute atomic E-state index is 12.0. The SMILES string of the molecule is CCCN(CCN(C)C)C(=O)CC1CNC1. The molecule has 16 heavy (non-hydrogen) atoms. The molecule has 4 nitrogen and oxygen atoms in total. The van der Waals surface area contributed by atoms with Gasteiger partial charge < -0.3 is 15.1 Å². The molecule has 4 heteroatoms. The first kappa shape index (κ1) is 13.5. The second-order valence-electron chi connectivity index (χ2n) is 4.91. The van der Waals surface area contributed by atoms with Gasteiger partial charge in [-0.3, -0.25) is 4.79 Å². The van der Waals surface area contributed by atoms with Crippen LogP contribution in [-0.2, 0) is 4.79 Å². The fraction of sp³-hybridized carbons (Fsp3) is 0.917. The van der Waals surface area contributed by atoms with Gasteiger partial charge in [-0.25, -0.2) is 0 Å². The van der Waals surface area contributed by atoms with Crippen molar-refractivity contribution in [2.75, 3.05) is 46.8 Å². The molecule has 0 aromatic heterocycles. The number of carbonyl (C=O) groups excluding carboxylic acids is 1. The maximum Gasteiger partial charge on any atom is 0.222 e. The van der Waals surface area contributed by atoms with Crippen molar-refractivity contribution in [1.82, 2.24) is 15.1 Å². The largest absolute Gasteiger partial charge is 0.341 e. The maximum atomic E-state index is 12.0. The zero-order valence-electron chi connectivity index (χ0n) is 10.8. The van der Waals surface area contributed by atoms with E-state index in [1.807, 2.05) is 19.0 Å². The highest BCUT2D eigenvalue weighted by atomic mass is 16.2. The Labute approximate surface area is 99.0 Å². The standard InChI is InChI=1S/C12H25N3O/c1-4-5-15(7-6-14(2)3)12(16)8-11-9-13-10-11/h11,13H,4-10H2,1-3H3. The van der Waals surface area contributed by atoms with Gasteiger partial charge in [0.15, 0.2) is 0 Å². The monoisotopic (exact) mass is 227 g/mol. The first-order chi connectivity index (χ1) is 7.63. The van der Waals surface area contributed by atoms with Crippen molar-refractivity contribution >= 4 is 5.91 Å². The molecule has 94 valence electrons. The predicted molar refractivity (Wildman–Crippen MR) is 66.4 cm³/mol. The van der Waals surface area contributed by atoms with Gasteiger partial charge in [-0.15, -0.1) is 0 Å². The molecule has 0 aliphatic carbocycles. The third kappa shape index (κ3) is 4.49. The summed E-state index contributed by atoms with van der Waals surface area (Å²) >= 11 is 0. The summed E-state index contributed by atoms with van der Waals surface area (Å²) in [5.41, 5.74) is 0. The molecule has 1 aliphatic rings. The molecule has 1 N–H and O–H groups in total. The second kappa shape index (κ2) is 6.86. The van der Waals surface area contributed by atoms with Gasteiger partial charge in [0, 0.05) is 26.1 Å². The van der Waals surface area contributed by atoms with Crippen LogP contribution in [0.1, 0.15) is 19.8 Å². The third-order valence-electron chi connectivity index (χ3n) is 2.99. The molecule has 0 aromatic rings. The Balaban J connectivity index is 2.31. The number of hydrogen-bond acceptors (Lipinski definition) is 3. The fourth-order valence-electron chi connectivity index (χ4n) is 1.82. The Hall–Kier alpha value is -0.610. The Morgan fingerprint density at radius 2 is 1.94 bits per heavy atom. The van der Waals surface area contributed by atoms with E-state index < -0.39 is 0 Å². The topological polar surface area (TPSA) is 35.6 Å². The highest BCUT2D eigenvalue weighted by Crippen LogP contribution is 2.10. The van der Waals surface area contributed by atoms with E-state index in [0.717, 1.165) is 45.6 Å². The summed E-state index contributed by atoms with van der Waals surface area (Å²) in [6.07, 6.45) is 1.77. The molecule has 1 heterocycles. The van der Waals surface area contributed by atoms with Crippen molar-refractivity contribution in [2.24, 2.45) is 5.92 Å².